The molecule has 1 aromatic rings. The second kappa shape index (κ2) is 12.8. The van der Waals surface area contributed by atoms with E-state index < -0.39 is 24.0 Å². The Morgan fingerprint density at radius 2 is 2.00 bits per heavy atom. The van der Waals surface area contributed by atoms with Gasteiger partial charge in [-0.25, -0.2) is 9.78 Å². The van der Waals surface area contributed by atoms with Gasteiger partial charge in [0.15, 0.2) is 0 Å². The van der Waals surface area contributed by atoms with Gasteiger partial charge in [0, 0.05) is 38.9 Å². The minimum Gasteiger partial charge on any atom is -0.495 e. The molecule has 2 aliphatic heterocycles. The zero-order valence-corrected chi connectivity index (χ0v) is 22.7. The topological polar surface area (TPSA) is 138 Å². The molecule has 12 nitrogen and oxygen atoms in total. The normalized spacial score (nSPS) is 20.4. The van der Waals surface area contributed by atoms with E-state index in [0.717, 1.165) is 6.08 Å². The molecule has 4 amide bonds. The number of rotatable bonds is 10. The summed E-state index contributed by atoms with van der Waals surface area (Å²) in [6, 6.07) is -1.35. The number of carbonyl (C=O) groups excluding carboxylic acids is 3. The van der Waals surface area contributed by atoms with Crippen LogP contribution in [0.3, 0.4) is 0 Å². The molecule has 3 rings (SSSR count). The van der Waals surface area contributed by atoms with E-state index in [2.05, 4.69) is 39.1 Å². The maximum absolute atomic E-state index is 13.5. The Balaban J connectivity index is 1.92. The Bertz CT molecular complexity index is 1200. The predicted octanol–water partition coefficient (Wildman–Crippen LogP) is 2.20. The van der Waals surface area contributed by atoms with E-state index in [9.17, 15) is 14.4 Å². The zero-order valence-electron chi connectivity index (χ0n) is 21.2. The van der Waals surface area contributed by atoms with E-state index in [1.807, 2.05) is 0 Å². The highest BCUT2D eigenvalue weighted by Gasteiger charge is 2.36. The molecule has 1 aromatic heterocycles. The first-order valence-corrected chi connectivity index (χ1v) is 12.2. The number of aromatic nitrogens is 2. The molecule has 0 radical (unpaired) electrons. The Hall–Kier alpha value is -3.61. The van der Waals surface area contributed by atoms with Gasteiger partial charge < -0.3 is 25.4 Å². The fourth-order valence-electron chi connectivity index (χ4n) is 4.00. The number of anilines is 2. The van der Waals surface area contributed by atoms with Gasteiger partial charge in [0.1, 0.15) is 16.6 Å². The second-order valence-electron chi connectivity index (χ2n) is 8.32. The molecule has 2 atom stereocenters. The minimum absolute atomic E-state index is 0.00242. The van der Waals surface area contributed by atoms with Crippen LogP contribution in [0.15, 0.2) is 53.0 Å². The molecule has 204 valence electrons. The van der Waals surface area contributed by atoms with Crippen LogP contribution >= 0.6 is 23.2 Å². The third-order valence-electron chi connectivity index (χ3n) is 5.87. The van der Waals surface area contributed by atoms with Crippen LogP contribution in [-0.2, 0) is 25.6 Å². The van der Waals surface area contributed by atoms with Crippen molar-refractivity contribution in [2.24, 2.45) is 0 Å². The number of halogens is 2. The predicted molar refractivity (Wildman–Crippen MR) is 143 cm³/mol. The quantitative estimate of drug-likeness (QED) is 0.223. The van der Waals surface area contributed by atoms with Crippen LogP contribution in [0.1, 0.15) is 12.0 Å². The third kappa shape index (κ3) is 6.26. The van der Waals surface area contributed by atoms with Crippen LogP contribution < -0.4 is 20.9 Å². The van der Waals surface area contributed by atoms with Crippen molar-refractivity contribution in [3.63, 3.8) is 0 Å². The highest BCUT2D eigenvalue weighted by Crippen LogP contribution is 2.35. The number of carbonyl (C=O) groups is 3. The lowest BCUT2D eigenvalue weighted by Gasteiger charge is -2.36. The van der Waals surface area contributed by atoms with Crippen molar-refractivity contribution in [3.8, 4) is 0 Å². The van der Waals surface area contributed by atoms with Gasteiger partial charge in [0.05, 0.1) is 43.1 Å². The van der Waals surface area contributed by atoms with Crippen LogP contribution in [0.5, 0.6) is 0 Å². The number of ether oxygens (including phenoxy) is 2. The second-order valence-corrected chi connectivity index (χ2v) is 9.16. The van der Waals surface area contributed by atoms with Crippen molar-refractivity contribution in [2.75, 3.05) is 44.6 Å². The summed E-state index contributed by atoms with van der Waals surface area (Å²) in [6.07, 6.45) is 4.20. The van der Waals surface area contributed by atoms with Crippen LogP contribution in [-0.4, -0.2) is 79.2 Å². The molecule has 3 heterocycles. The first kappa shape index (κ1) is 29.0. The van der Waals surface area contributed by atoms with E-state index in [1.54, 1.807) is 13.2 Å². The number of hydrogen-bond donors (Lipinski definition) is 3. The van der Waals surface area contributed by atoms with Crippen LogP contribution in [0.25, 0.3) is 0 Å². The summed E-state index contributed by atoms with van der Waals surface area (Å²) >= 11 is 13.1. The number of fused-ring (bicyclic) bond motifs is 1. The molecule has 0 aliphatic carbocycles. The van der Waals surface area contributed by atoms with Gasteiger partial charge in [-0.1, -0.05) is 36.4 Å². The lowest BCUT2D eigenvalue weighted by atomic mass is 10.00. The van der Waals surface area contributed by atoms with Crippen molar-refractivity contribution in [1.29, 1.82) is 0 Å². The summed E-state index contributed by atoms with van der Waals surface area (Å²) in [4.78, 5) is 48.8. The van der Waals surface area contributed by atoms with Gasteiger partial charge >= 0.3 is 6.03 Å². The lowest BCUT2D eigenvalue weighted by molar-refractivity contribution is -0.123. The number of allylic oxidation sites excluding steroid dienone is 2. The third-order valence-corrected chi connectivity index (χ3v) is 6.52. The largest absolute Gasteiger partial charge is 0.495 e. The highest BCUT2D eigenvalue weighted by molar-refractivity contribution is 6.36. The number of piperidine rings is 1. The molecule has 0 aromatic carbocycles. The lowest BCUT2D eigenvalue weighted by Crippen LogP contribution is -2.57. The van der Waals surface area contributed by atoms with Crippen LogP contribution in [0.2, 0.25) is 0 Å². The van der Waals surface area contributed by atoms with E-state index in [0.29, 0.717) is 11.4 Å². The molecule has 0 saturated carbocycles. The SMILES string of the molecule is C=CC(=O)NC1CC(=O)NCC1Nc1ncc2c(n1)N(C)C(=O)N(C(=C(\Cl)COC)/C(Cl)=C(\C=C)OC)C2. The smallest absolute Gasteiger partial charge is 0.330 e. The van der Waals surface area contributed by atoms with Crippen molar-refractivity contribution >= 4 is 52.8 Å². The molecule has 1 saturated heterocycles. The molecule has 38 heavy (non-hydrogen) atoms. The molecule has 0 bridgehead atoms. The highest BCUT2D eigenvalue weighted by atomic mass is 35.5. The fourth-order valence-corrected chi connectivity index (χ4v) is 4.73. The summed E-state index contributed by atoms with van der Waals surface area (Å²) in [7, 11) is 4.45. The average Bonchev–Trinajstić information content (AvgIpc) is 2.89. The molecule has 0 spiro atoms. The molecular weight excluding hydrogens is 537 g/mol. The summed E-state index contributed by atoms with van der Waals surface area (Å²) < 4.78 is 10.4. The van der Waals surface area contributed by atoms with Gasteiger partial charge in [-0.15, -0.1) is 0 Å². The number of methoxy groups -OCH3 is 2. The Morgan fingerprint density at radius 1 is 1.26 bits per heavy atom. The molecule has 14 heteroatoms. The molecular formula is C24H29Cl2N7O5. The number of nitrogens with zero attached hydrogens (tertiary/aromatic N) is 4. The van der Waals surface area contributed by atoms with Crippen LogP contribution in [0, 0.1) is 0 Å². The molecule has 2 unspecified atom stereocenters. The average molecular weight is 566 g/mol. The van der Waals surface area contributed by atoms with E-state index in [1.165, 1.54) is 30.1 Å². The van der Waals surface area contributed by atoms with Crippen molar-refractivity contribution < 1.29 is 23.9 Å². The van der Waals surface area contributed by atoms with E-state index in [4.69, 9.17) is 32.7 Å². The van der Waals surface area contributed by atoms with Crippen LogP contribution in [0.4, 0.5) is 16.6 Å². The van der Waals surface area contributed by atoms with Gasteiger partial charge in [-0.05, 0) is 12.2 Å². The Morgan fingerprint density at radius 3 is 2.63 bits per heavy atom. The van der Waals surface area contributed by atoms with Gasteiger partial charge in [0.2, 0.25) is 17.8 Å². The van der Waals surface area contributed by atoms with Gasteiger partial charge in [-0.2, -0.15) is 4.98 Å². The summed E-state index contributed by atoms with van der Waals surface area (Å²) in [5, 5.41) is 8.91. The number of nitrogens with one attached hydrogen (secondary N) is 3. The first-order chi connectivity index (χ1) is 18.1. The van der Waals surface area contributed by atoms with Crippen molar-refractivity contribution in [3.05, 3.63) is 58.6 Å². The summed E-state index contributed by atoms with van der Waals surface area (Å²) in [5.41, 5.74) is 0.822. The number of hydrogen-bond acceptors (Lipinski definition) is 8. The fraction of sp³-hybridized carbons (Fsp3) is 0.375. The van der Waals surface area contributed by atoms with E-state index >= 15 is 0 Å². The van der Waals surface area contributed by atoms with Gasteiger partial charge in [-0.3, -0.25) is 19.4 Å². The Kier molecular flexibility index (Phi) is 9.72. The van der Waals surface area contributed by atoms with Crippen molar-refractivity contribution in [2.45, 2.75) is 25.0 Å². The zero-order chi connectivity index (χ0) is 28.0. The van der Waals surface area contributed by atoms with Gasteiger partial charge in [0.25, 0.3) is 0 Å². The minimum atomic E-state index is -0.506. The number of amides is 4. The maximum Gasteiger partial charge on any atom is 0.330 e. The molecule has 1 fully saturated rings. The maximum atomic E-state index is 13.5. The first-order valence-electron chi connectivity index (χ1n) is 11.5. The summed E-state index contributed by atoms with van der Waals surface area (Å²) in [5.74, 6) is 0.227. The standard InChI is InChI=1S/C24H29Cl2N7O5/c1-6-17(38-5)20(26)21(14(25)12-37-4)33-11-13-9-28-23(31-22(13)32(3)24(33)36)30-16-10-27-19(35)8-15(16)29-18(34)7-2/h6-7,9,15-16H,1-2,8,10-12H2,3-5H3,(H,27,35)(H,29,34)(H,28,30,31)/b20-17-,21-14-. The Labute approximate surface area is 230 Å². The monoisotopic (exact) mass is 565 g/mol. The molecule has 2 aliphatic rings. The van der Waals surface area contributed by atoms with Crippen molar-refractivity contribution in [1.82, 2.24) is 25.5 Å². The summed E-state index contributed by atoms with van der Waals surface area (Å²) in [6.45, 7) is 7.44. The van der Waals surface area contributed by atoms with E-state index in [-0.39, 0.29) is 59.5 Å². The molecule has 3 N–H and O–H groups in total. The number of urea groups is 1.